The summed E-state index contributed by atoms with van der Waals surface area (Å²) in [5.41, 5.74) is 2.42. The van der Waals surface area contributed by atoms with Gasteiger partial charge in [0.25, 0.3) is 0 Å². The molecule has 0 amide bonds. The van der Waals surface area contributed by atoms with E-state index in [0.717, 1.165) is 34.9 Å². The zero-order chi connectivity index (χ0) is 11.5. The molecule has 2 aromatic heterocycles. The van der Waals surface area contributed by atoms with Gasteiger partial charge in [-0.05, 0) is 25.6 Å². The van der Waals surface area contributed by atoms with Gasteiger partial charge >= 0.3 is 0 Å². The fourth-order valence-corrected chi connectivity index (χ4v) is 2.63. The van der Waals surface area contributed by atoms with Crippen LogP contribution in [0.25, 0.3) is 0 Å². The summed E-state index contributed by atoms with van der Waals surface area (Å²) in [5.74, 6) is 0. The predicted molar refractivity (Wildman–Crippen MR) is 69.5 cm³/mol. The van der Waals surface area contributed by atoms with Gasteiger partial charge in [-0.1, -0.05) is 6.92 Å². The lowest BCUT2D eigenvalue weighted by molar-refractivity contribution is 0.649. The van der Waals surface area contributed by atoms with Crippen molar-refractivity contribution >= 4 is 23.6 Å². The fourth-order valence-electron chi connectivity index (χ4n) is 1.72. The standard InChI is InChI=1S/C11H15N3S2/c1-3-10-6-12-11(15)14(10)5-4-9-7-16-8(2)13-9/h6-7H,3-5H2,1-2H3,(H,12,15). The number of aromatic nitrogens is 3. The van der Waals surface area contributed by atoms with E-state index in [9.17, 15) is 0 Å². The van der Waals surface area contributed by atoms with Gasteiger partial charge in [0, 0.05) is 30.2 Å². The summed E-state index contributed by atoms with van der Waals surface area (Å²) in [6.07, 6.45) is 3.95. The molecule has 5 heteroatoms. The number of aryl methyl sites for hydroxylation is 3. The van der Waals surface area contributed by atoms with Gasteiger partial charge in [-0.25, -0.2) is 4.98 Å². The first-order chi connectivity index (χ1) is 7.70. The SMILES string of the molecule is CCc1c[nH]c(=S)n1CCc1csc(C)n1. The Bertz CT molecular complexity index is 521. The molecule has 0 saturated heterocycles. The molecule has 2 heterocycles. The van der Waals surface area contributed by atoms with Crippen LogP contribution < -0.4 is 0 Å². The van der Waals surface area contributed by atoms with Gasteiger partial charge in [0.2, 0.25) is 0 Å². The van der Waals surface area contributed by atoms with Crippen molar-refractivity contribution < 1.29 is 0 Å². The summed E-state index contributed by atoms with van der Waals surface area (Å²) in [4.78, 5) is 7.55. The molecule has 1 N–H and O–H groups in total. The molecular weight excluding hydrogens is 238 g/mol. The van der Waals surface area contributed by atoms with E-state index in [1.165, 1.54) is 5.69 Å². The Labute approximate surface area is 104 Å². The van der Waals surface area contributed by atoms with E-state index in [1.54, 1.807) is 11.3 Å². The topological polar surface area (TPSA) is 33.6 Å². The normalized spacial score (nSPS) is 10.9. The molecule has 3 nitrogen and oxygen atoms in total. The zero-order valence-electron chi connectivity index (χ0n) is 9.49. The lowest BCUT2D eigenvalue weighted by Crippen LogP contribution is -2.05. The second-order valence-corrected chi connectivity index (χ2v) is 5.15. The van der Waals surface area contributed by atoms with E-state index < -0.39 is 0 Å². The van der Waals surface area contributed by atoms with Gasteiger partial charge in [-0.3, -0.25) is 0 Å². The fraction of sp³-hybridized carbons (Fsp3) is 0.455. The molecule has 0 aliphatic rings. The van der Waals surface area contributed by atoms with Crippen molar-refractivity contribution in [3.8, 4) is 0 Å². The van der Waals surface area contributed by atoms with E-state index in [0.29, 0.717) is 0 Å². The van der Waals surface area contributed by atoms with Crippen LogP contribution in [-0.4, -0.2) is 14.5 Å². The maximum Gasteiger partial charge on any atom is 0.177 e. The molecule has 0 atom stereocenters. The average molecular weight is 253 g/mol. The first-order valence-electron chi connectivity index (χ1n) is 5.38. The summed E-state index contributed by atoms with van der Waals surface area (Å²) < 4.78 is 2.97. The number of H-pyrrole nitrogens is 1. The van der Waals surface area contributed by atoms with Crippen molar-refractivity contribution in [1.82, 2.24) is 14.5 Å². The summed E-state index contributed by atoms with van der Waals surface area (Å²) in [5, 5.41) is 3.25. The molecule has 0 bridgehead atoms. The number of hydrogen-bond acceptors (Lipinski definition) is 3. The molecule has 0 saturated carbocycles. The van der Waals surface area contributed by atoms with Gasteiger partial charge in [0.05, 0.1) is 10.7 Å². The van der Waals surface area contributed by atoms with Crippen LogP contribution in [0.15, 0.2) is 11.6 Å². The van der Waals surface area contributed by atoms with Gasteiger partial charge < -0.3 is 9.55 Å². The van der Waals surface area contributed by atoms with Crippen molar-refractivity contribution in [3.63, 3.8) is 0 Å². The van der Waals surface area contributed by atoms with Crippen molar-refractivity contribution in [3.05, 3.63) is 32.7 Å². The van der Waals surface area contributed by atoms with Crippen LogP contribution in [0.3, 0.4) is 0 Å². The van der Waals surface area contributed by atoms with Crippen molar-refractivity contribution in [2.45, 2.75) is 33.2 Å². The number of nitrogens with zero attached hydrogens (tertiary/aromatic N) is 2. The molecule has 0 radical (unpaired) electrons. The molecule has 86 valence electrons. The number of rotatable bonds is 4. The Balaban J connectivity index is 2.09. The third-order valence-corrected chi connectivity index (χ3v) is 3.74. The van der Waals surface area contributed by atoms with E-state index in [2.05, 4.69) is 26.8 Å². The third-order valence-electron chi connectivity index (χ3n) is 2.57. The van der Waals surface area contributed by atoms with E-state index in [4.69, 9.17) is 12.2 Å². The van der Waals surface area contributed by atoms with Crippen LogP contribution in [-0.2, 0) is 19.4 Å². The van der Waals surface area contributed by atoms with Gasteiger partial charge in [0.15, 0.2) is 4.77 Å². The summed E-state index contributed by atoms with van der Waals surface area (Å²) >= 11 is 6.95. The lowest BCUT2D eigenvalue weighted by Gasteiger charge is -2.04. The number of thiazole rings is 1. The maximum atomic E-state index is 5.25. The van der Waals surface area contributed by atoms with E-state index in [-0.39, 0.29) is 0 Å². The zero-order valence-corrected chi connectivity index (χ0v) is 11.1. The Kier molecular flexibility index (Phi) is 3.56. The highest BCUT2D eigenvalue weighted by molar-refractivity contribution is 7.71. The van der Waals surface area contributed by atoms with Crippen molar-refractivity contribution in [2.75, 3.05) is 0 Å². The summed E-state index contributed by atoms with van der Waals surface area (Å²) in [7, 11) is 0. The van der Waals surface area contributed by atoms with E-state index >= 15 is 0 Å². The van der Waals surface area contributed by atoms with Crippen LogP contribution in [0.2, 0.25) is 0 Å². The van der Waals surface area contributed by atoms with Crippen molar-refractivity contribution in [2.24, 2.45) is 0 Å². The highest BCUT2D eigenvalue weighted by atomic mass is 32.1. The van der Waals surface area contributed by atoms with Crippen molar-refractivity contribution in [1.29, 1.82) is 0 Å². The molecule has 0 unspecified atom stereocenters. The van der Waals surface area contributed by atoms with Crippen LogP contribution in [0, 0.1) is 11.7 Å². The Hall–Kier alpha value is -0.940. The lowest BCUT2D eigenvalue weighted by atomic mass is 10.3. The molecule has 16 heavy (non-hydrogen) atoms. The largest absolute Gasteiger partial charge is 0.337 e. The third kappa shape index (κ3) is 2.41. The highest BCUT2D eigenvalue weighted by Gasteiger charge is 2.03. The maximum absolute atomic E-state index is 5.25. The molecule has 0 aliphatic carbocycles. The van der Waals surface area contributed by atoms with Gasteiger partial charge in [0.1, 0.15) is 0 Å². The first kappa shape index (κ1) is 11.5. The second-order valence-electron chi connectivity index (χ2n) is 3.70. The number of nitrogens with one attached hydrogen (secondary N) is 1. The number of aromatic amines is 1. The molecule has 0 fully saturated rings. The summed E-state index contributed by atoms with van der Waals surface area (Å²) in [6, 6.07) is 0. The first-order valence-corrected chi connectivity index (χ1v) is 6.67. The minimum Gasteiger partial charge on any atom is -0.337 e. The average Bonchev–Trinajstić information content (AvgIpc) is 2.82. The second kappa shape index (κ2) is 4.93. The Morgan fingerprint density at radius 1 is 1.56 bits per heavy atom. The minimum absolute atomic E-state index is 0.809. The smallest absolute Gasteiger partial charge is 0.177 e. The Morgan fingerprint density at radius 2 is 2.38 bits per heavy atom. The predicted octanol–water partition coefficient (Wildman–Crippen LogP) is 3.12. The number of hydrogen-bond donors (Lipinski definition) is 1. The van der Waals surface area contributed by atoms with Crippen LogP contribution >= 0.6 is 23.6 Å². The van der Waals surface area contributed by atoms with Crippen LogP contribution in [0.5, 0.6) is 0 Å². The minimum atomic E-state index is 0.809. The molecule has 0 aromatic carbocycles. The van der Waals surface area contributed by atoms with Crippen LogP contribution in [0.4, 0.5) is 0 Å². The van der Waals surface area contributed by atoms with Crippen LogP contribution in [0.1, 0.15) is 23.3 Å². The highest BCUT2D eigenvalue weighted by Crippen LogP contribution is 2.10. The molecule has 2 rings (SSSR count). The quantitative estimate of drug-likeness (QED) is 0.849. The molecular formula is C11H15N3S2. The number of imidazole rings is 1. The van der Waals surface area contributed by atoms with Gasteiger partial charge in [-0.15, -0.1) is 11.3 Å². The summed E-state index contributed by atoms with van der Waals surface area (Å²) in [6.45, 7) is 5.09. The van der Waals surface area contributed by atoms with Gasteiger partial charge in [-0.2, -0.15) is 0 Å². The molecule has 0 aliphatic heterocycles. The molecule has 0 spiro atoms. The molecule has 2 aromatic rings. The van der Waals surface area contributed by atoms with E-state index in [1.807, 2.05) is 13.1 Å². The monoisotopic (exact) mass is 253 g/mol. The Morgan fingerprint density at radius 3 is 3.00 bits per heavy atom.